The molecule has 0 radical (unpaired) electrons. The number of halogens is 1. The van der Waals surface area contributed by atoms with Crippen LogP contribution >= 0.6 is 23.5 Å². The van der Waals surface area contributed by atoms with Gasteiger partial charge in [0.05, 0.1) is 6.21 Å². The topological polar surface area (TPSA) is 53.5 Å². The minimum absolute atomic E-state index is 0.399. The highest BCUT2D eigenvalue weighted by Crippen LogP contribution is 2.14. The summed E-state index contributed by atoms with van der Waals surface area (Å²) in [6.45, 7) is 2.01. The van der Waals surface area contributed by atoms with Gasteiger partial charge in [-0.25, -0.2) is 10.2 Å². The van der Waals surface area contributed by atoms with Gasteiger partial charge in [0.15, 0.2) is 0 Å². The van der Waals surface area contributed by atoms with E-state index in [0.717, 1.165) is 10.5 Å². The van der Waals surface area contributed by atoms with Crippen molar-refractivity contribution in [1.82, 2.24) is 10.1 Å². The van der Waals surface area contributed by atoms with E-state index in [-0.39, 0.29) is 0 Å². The molecule has 0 saturated heterocycles. The van der Waals surface area contributed by atoms with E-state index in [1.807, 2.05) is 49.4 Å². The Hall–Kier alpha value is -1.98. The minimum Gasteiger partial charge on any atom is -0.276 e. The van der Waals surface area contributed by atoms with E-state index < -0.39 is 6.03 Å². The van der Waals surface area contributed by atoms with Gasteiger partial charge in [-0.3, -0.25) is 4.72 Å². The number of aryl methyl sites for hydroxylation is 1. The number of amides is 2. The number of benzene rings is 2. The molecular formula is C15H14ClN3OS. The molecule has 0 atom stereocenters. The van der Waals surface area contributed by atoms with E-state index in [9.17, 15) is 4.79 Å². The molecule has 2 amide bonds. The molecule has 0 aliphatic rings. The van der Waals surface area contributed by atoms with Crippen molar-refractivity contribution < 1.29 is 4.79 Å². The molecule has 2 aromatic carbocycles. The second-order valence-corrected chi connectivity index (χ2v) is 5.52. The summed E-state index contributed by atoms with van der Waals surface area (Å²) >= 11 is 7.19. The molecule has 0 heterocycles. The van der Waals surface area contributed by atoms with Crippen molar-refractivity contribution in [3.05, 3.63) is 64.7 Å². The maximum atomic E-state index is 11.6. The lowest BCUT2D eigenvalue weighted by Gasteiger charge is -2.03. The molecule has 6 heteroatoms. The quantitative estimate of drug-likeness (QED) is 0.508. The first-order valence-corrected chi connectivity index (χ1v) is 7.42. The fourth-order valence-corrected chi connectivity index (χ4v) is 2.19. The lowest BCUT2D eigenvalue weighted by molar-refractivity contribution is 0.247. The van der Waals surface area contributed by atoms with Crippen molar-refractivity contribution in [1.29, 1.82) is 0 Å². The highest BCUT2D eigenvalue weighted by atomic mass is 35.5. The molecule has 4 nitrogen and oxygen atoms in total. The minimum atomic E-state index is -0.399. The summed E-state index contributed by atoms with van der Waals surface area (Å²) in [5.41, 5.74) is 4.30. The normalized spacial score (nSPS) is 10.6. The first kappa shape index (κ1) is 15.4. The molecule has 0 aliphatic heterocycles. The van der Waals surface area contributed by atoms with Gasteiger partial charge in [0.25, 0.3) is 0 Å². The number of nitrogens with zero attached hydrogens (tertiary/aromatic N) is 1. The molecular weight excluding hydrogens is 306 g/mol. The van der Waals surface area contributed by atoms with Gasteiger partial charge >= 0.3 is 6.03 Å². The van der Waals surface area contributed by atoms with E-state index in [0.29, 0.717) is 5.02 Å². The van der Waals surface area contributed by atoms with Crippen molar-refractivity contribution in [2.24, 2.45) is 5.10 Å². The molecule has 0 unspecified atom stereocenters. The largest absolute Gasteiger partial charge is 0.345 e. The van der Waals surface area contributed by atoms with Gasteiger partial charge in [0.1, 0.15) is 0 Å². The second-order valence-electron chi connectivity index (χ2n) is 4.24. The third-order valence-electron chi connectivity index (χ3n) is 2.56. The van der Waals surface area contributed by atoms with Crippen LogP contribution in [-0.4, -0.2) is 12.2 Å². The average molecular weight is 320 g/mol. The van der Waals surface area contributed by atoms with E-state index in [1.54, 1.807) is 6.07 Å². The zero-order chi connectivity index (χ0) is 15.1. The molecule has 21 heavy (non-hydrogen) atoms. The Bertz CT molecular complexity index is 644. The zero-order valence-electron chi connectivity index (χ0n) is 11.3. The van der Waals surface area contributed by atoms with Gasteiger partial charge in [0.2, 0.25) is 0 Å². The molecule has 0 aliphatic carbocycles. The number of urea groups is 1. The van der Waals surface area contributed by atoms with E-state index >= 15 is 0 Å². The predicted molar refractivity (Wildman–Crippen MR) is 87.7 cm³/mol. The van der Waals surface area contributed by atoms with Crippen LogP contribution in [0.15, 0.2) is 58.5 Å². The SMILES string of the molecule is Cc1ccc(SNC(=O)N/N=C/c2ccccc2Cl)cc1. The van der Waals surface area contributed by atoms with Crippen LogP contribution in [0.1, 0.15) is 11.1 Å². The van der Waals surface area contributed by atoms with Crippen LogP contribution in [0.3, 0.4) is 0 Å². The standard InChI is InChI=1S/C15H14ClN3OS/c1-11-6-8-13(9-7-11)21-19-15(20)18-17-10-12-4-2-3-5-14(12)16/h2-10H,1H3,(H2,18,19,20)/b17-10+. The summed E-state index contributed by atoms with van der Waals surface area (Å²) in [6.07, 6.45) is 1.50. The number of carbonyl (C=O) groups excluding carboxylic acids is 1. The first-order valence-electron chi connectivity index (χ1n) is 6.22. The van der Waals surface area contributed by atoms with Gasteiger partial charge in [-0.2, -0.15) is 5.10 Å². The average Bonchev–Trinajstić information content (AvgIpc) is 2.49. The maximum absolute atomic E-state index is 11.6. The number of rotatable bonds is 4. The van der Waals surface area contributed by atoms with Crippen molar-refractivity contribution in [3.8, 4) is 0 Å². The van der Waals surface area contributed by atoms with Crippen LogP contribution in [0.25, 0.3) is 0 Å². The van der Waals surface area contributed by atoms with Crippen LogP contribution in [0.4, 0.5) is 4.79 Å². The molecule has 2 N–H and O–H groups in total. The Kier molecular flexibility index (Phi) is 5.66. The fourth-order valence-electron chi connectivity index (χ4n) is 1.47. The summed E-state index contributed by atoms with van der Waals surface area (Å²) in [4.78, 5) is 12.5. The highest BCUT2D eigenvalue weighted by Gasteiger charge is 2.00. The molecule has 0 saturated carbocycles. The van der Waals surface area contributed by atoms with Crippen molar-refractivity contribution in [2.45, 2.75) is 11.8 Å². The van der Waals surface area contributed by atoms with Crippen molar-refractivity contribution in [3.63, 3.8) is 0 Å². The molecule has 2 rings (SSSR count). The van der Waals surface area contributed by atoms with Crippen LogP contribution in [0.5, 0.6) is 0 Å². The number of hydrazone groups is 1. The highest BCUT2D eigenvalue weighted by molar-refractivity contribution is 7.98. The molecule has 108 valence electrons. The lowest BCUT2D eigenvalue weighted by Crippen LogP contribution is -2.27. The molecule has 0 bridgehead atoms. The Morgan fingerprint density at radius 1 is 1.19 bits per heavy atom. The second kappa shape index (κ2) is 7.71. The predicted octanol–water partition coefficient (Wildman–Crippen LogP) is 3.99. The van der Waals surface area contributed by atoms with E-state index in [2.05, 4.69) is 15.2 Å². The van der Waals surface area contributed by atoms with Gasteiger partial charge in [0, 0.05) is 15.5 Å². The first-order chi connectivity index (χ1) is 10.1. The van der Waals surface area contributed by atoms with Crippen LogP contribution < -0.4 is 10.1 Å². The Morgan fingerprint density at radius 3 is 2.62 bits per heavy atom. The number of nitrogens with one attached hydrogen (secondary N) is 2. The van der Waals surface area contributed by atoms with E-state index in [4.69, 9.17) is 11.6 Å². The fraction of sp³-hybridized carbons (Fsp3) is 0.0667. The summed E-state index contributed by atoms with van der Waals surface area (Å²) < 4.78 is 2.64. The monoisotopic (exact) mass is 319 g/mol. The smallest absolute Gasteiger partial charge is 0.276 e. The third kappa shape index (κ3) is 5.13. The van der Waals surface area contributed by atoms with E-state index in [1.165, 1.54) is 23.7 Å². The van der Waals surface area contributed by atoms with Crippen LogP contribution in [0, 0.1) is 6.92 Å². The van der Waals surface area contributed by atoms with Crippen molar-refractivity contribution in [2.75, 3.05) is 0 Å². The Balaban J connectivity index is 1.80. The number of hydrogen-bond donors (Lipinski definition) is 2. The summed E-state index contributed by atoms with van der Waals surface area (Å²) in [6, 6.07) is 14.7. The third-order valence-corrected chi connectivity index (χ3v) is 3.70. The Labute approximate surface area is 132 Å². The van der Waals surface area contributed by atoms with Crippen LogP contribution in [0.2, 0.25) is 5.02 Å². The molecule has 0 aromatic heterocycles. The van der Waals surface area contributed by atoms with Crippen molar-refractivity contribution >= 4 is 35.8 Å². The number of carbonyl (C=O) groups is 1. The Morgan fingerprint density at radius 2 is 1.90 bits per heavy atom. The number of hydrogen-bond acceptors (Lipinski definition) is 3. The summed E-state index contributed by atoms with van der Waals surface area (Å²) in [5, 5.41) is 4.42. The molecule has 2 aromatic rings. The molecule has 0 spiro atoms. The van der Waals surface area contributed by atoms with Gasteiger partial charge in [-0.1, -0.05) is 47.5 Å². The van der Waals surface area contributed by atoms with Gasteiger partial charge in [-0.15, -0.1) is 0 Å². The summed E-state index contributed by atoms with van der Waals surface area (Å²) in [7, 11) is 0. The van der Waals surface area contributed by atoms with Gasteiger partial charge < -0.3 is 0 Å². The zero-order valence-corrected chi connectivity index (χ0v) is 12.9. The van der Waals surface area contributed by atoms with Gasteiger partial charge in [-0.05, 0) is 37.1 Å². The summed E-state index contributed by atoms with van der Waals surface area (Å²) in [5.74, 6) is 0. The maximum Gasteiger partial charge on any atom is 0.345 e. The lowest BCUT2D eigenvalue weighted by atomic mass is 10.2. The molecule has 0 fully saturated rings. The van der Waals surface area contributed by atoms with Crippen LogP contribution in [-0.2, 0) is 0 Å².